The van der Waals surface area contributed by atoms with E-state index in [1.165, 1.54) is 0 Å². The fourth-order valence-corrected chi connectivity index (χ4v) is 3.60. The molecule has 0 saturated carbocycles. The zero-order valence-corrected chi connectivity index (χ0v) is 14.7. The molecule has 2 aromatic heterocycles. The van der Waals surface area contributed by atoms with Crippen LogP contribution >= 0.6 is 11.3 Å². The van der Waals surface area contributed by atoms with Gasteiger partial charge in [0.1, 0.15) is 0 Å². The topological polar surface area (TPSA) is 62.5 Å². The molecule has 0 aliphatic carbocycles. The minimum absolute atomic E-state index is 0.128. The fourth-order valence-electron chi connectivity index (χ4n) is 2.97. The molecule has 3 aromatic rings. The van der Waals surface area contributed by atoms with E-state index in [-0.39, 0.29) is 5.91 Å². The Morgan fingerprint density at radius 2 is 1.88 bits per heavy atom. The summed E-state index contributed by atoms with van der Waals surface area (Å²) in [5, 5.41) is 7.79. The first-order chi connectivity index (χ1) is 12.2. The first-order valence-electron chi connectivity index (χ1n) is 8.18. The average Bonchev–Trinajstić information content (AvgIpc) is 3.33. The number of carbonyl (C=O) groups is 1. The summed E-state index contributed by atoms with van der Waals surface area (Å²) in [4.78, 5) is 20.9. The standard InChI is InChI=1S/C18H18N4O2S/c1-13-19-17(20-24-13)14-2-4-16(5-3-14)21-7-9-22(10-8-21)18(23)15-6-11-25-12-15/h2-6,11-12H,7-10H2,1H3. The lowest BCUT2D eigenvalue weighted by Gasteiger charge is -2.36. The molecule has 0 spiro atoms. The lowest BCUT2D eigenvalue weighted by molar-refractivity contribution is 0.0747. The lowest BCUT2D eigenvalue weighted by atomic mass is 10.1. The maximum Gasteiger partial charge on any atom is 0.254 e. The molecular formula is C18H18N4O2S. The molecule has 0 N–H and O–H groups in total. The van der Waals surface area contributed by atoms with E-state index < -0.39 is 0 Å². The van der Waals surface area contributed by atoms with E-state index in [0.29, 0.717) is 11.7 Å². The molecule has 6 nitrogen and oxygen atoms in total. The van der Waals surface area contributed by atoms with E-state index in [0.717, 1.165) is 43.0 Å². The summed E-state index contributed by atoms with van der Waals surface area (Å²) in [6.07, 6.45) is 0. The van der Waals surface area contributed by atoms with Crippen LogP contribution in [0.25, 0.3) is 11.4 Å². The van der Waals surface area contributed by atoms with Crippen LogP contribution in [0.5, 0.6) is 0 Å². The van der Waals surface area contributed by atoms with Crippen molar-refractivity contribution >= 4 is 22.9 Å². The number of carbonyl (C=O) groups excluding carboxylic acids is 1. The Balaban J connectivity index is 1.40. The van der Waals surface area contributed by atoms with Gasteiger partial charge in [-0.15, -0.1) is 0 Å². The summed E-state index contributed by atoms with van der Waals surface area (Å²) in [6.45, 7) is 4.91. The van der Waals surface area contributed by atoms with Crippen molar-refractivity contribution in [3.8, 4) is 11.4 Å². The van der Waals surface area contributed by atoms with Gasteiger partial charge in [0.25, 0.3) is 5.91 Å². The molecule has 1 aliphatic heterocycles. The van der Waals surface area contributed by atoms with E-state index >= 15 is 0 Å². The molecule has 25 heavy (non-hydrogen) atoms. The number of rotatable bonds is 3. The summed E-state index contributed by atoms with van der Waals surface area (Å²) in [5.41, 5.74) is 2.87. The zero-order chi connectivity index (χ0) is 17.2. The normalized spacial score (nSPS) is 14.8. The van der Waals surface area contributed by atoms with E-state index in [9.17, 15) is 4.79 Å². The number of hydrogen-bond donors (Lipinski definition) is 0. The minimum Gasteiger partial charge on any atom is -0.368 e. The summed E-state index contributed by atoms with van der Waals surface area (Å²) in [6, 6.07) is 10.0. The Morgan fingerprint density at radius 1 is 1.12 bits per heavy atom. The number of benzene rings is 1. The van der Waals surface area contributed by atoms with Crippen LogP contribution in [-0.4, -0.2) is 47.1 Å². The van der Waals surface area contributed by atoms with Gasteiger partial charge in [0.15, 0.2) is 0 Å². The number of aromatic nitrogens is 2. The van der Waals surface area contributed by atoms with Crippen LogP contribution in [-0.2, 0) is 0 Å². The highest BCUT2D eigenvalue weighted by Gasteiger charge is 2.22. The van der Waals surface area contributed by atoms with Crippen LogP contribution in [0.3, 0.4) is 0 Å². The molecule has 1 aliphatic rings. The number of amides is 1. The Bertz CT molecular complexity index is 850. The van der Waals surface area contributed by atoms with Gasteiger partial charge in [-0.1, -0.05) is 5.16 Å². The Morgan fingerprint density at radius 3 is 2.48 bits per heavy atom. The molecule has 128 valence electrons. The lowest BCUT2D eigenvalue weighted by Crippen LogP contribution is -2.48. The third kappa shape index (κ3) is 3.28. The first kappa shape index (κ1) is 15.8. The van der Waals surface area contributed by atoms with Crippen molar-refractivity contribution in [3.05, 3.63) is 52.5 Å². The van der Waals surface area contributed by atoms with Gasteiger partial charge >= 0.3 is 0 Å². The molecule has 4 rings (SSSR count). The van der Waals surface area contributed by atoms with Crippen molar-refractivity contribution in [2.24, 2.45) is 0 Å². The SMILES string of the molecule is Cc1nc(-c2ccc(N3CCN(C(=O)c4ccsc4)CC3)cc2)no1. The van der Waals surface area contributed by atoms with Gasteiger partial charge in [-0.2, -0.15) is 16.3 Å². The van der Waals surface area contributed by atoms with Crippen LogP contribution in [0.15, 0.2) is 45.6 Å². The van der Waals surface area contributed by atoms with E-state index in [1.807, 2.05) is 33.9 Å². The molecule has 1 aromatic carbocycles. The third-order valence-electron chi connectivity index (χ3n) is 4.35. The van der Waals surface area contributed by atoms with Crippen molar-refractivity contribution in [1.29, 1.82) is 0 Å². The van der Waals surface area contributed by atoms with Crippen molar-refractivity contribution in [1.82, 2.24) is 15.0 Å². The van der Waals surface area contributed by atoms with Gasteiger partial charge in [0.2, 0.25) is 11.7 Å². The van der Waals surface area contributed by atoms with Crippen LogP contribution in [0.4, 0.5) is 5.69 Å². The van der Waals surface area contributed by atoms with Crippen LogP contribution < -0.4 is 4.90 Å². The average molecular weight is 354 g/mol. The number of thiophene rings is 1. The second-order valence-corrected chi connectivity index (χ2v) is 6.76. The van der Waals surface area contributed by atoms with Crippen LogP contribution in [0, 0.1) is 6.92 Å². The number of piperazine rings is 1. The first-order valence-corrected chi connectivity index (χ1v) is 9.12. The van der Waals surface area contributed by atoms with Crippen molar-refractivity contribution in [3.63, 3.8) is 0 Å². The molecule has 1 fully saturated rings. The second-order valence-electron chi connectivity index (χ2n) is 5.98. The predicted octanol–water partition coefficient (Wildman–Crippen LogP) is 3.07. The molecule has 0 bridgehead atoms. The van der Waals surface area contributed by atoms with Crippen molar-refractivity contribution in [2.45, 2.75) is 6.92 Å². The van der Waals surface area contributed by atoms with Crippen molar-refractivity contribution < 1.29 is 9.32 Å². The predicted molar refractivity (Wildman–Crippen MR) is 96.9 cm³/mol. The smallest absolute Gasteiger partial charge is 0.254 e. The van der Waals surface area contributed by atoms with Gasteiger partial charge in [-0.05, 0) is 35.7 Å². The molecule has 0 unspecified atom stereocenters. The number of nitrogens with zero attached hydrogens (tertiary/aromatic N) is 4. The quantitative estimate of drug-likeness (QED) is 0.723. The number of anilines is 1. The molecule has 0 atom stereocenters. The monoisotopic (exact) mass is 354 g/mol. The number of hydrogen-bond acceptors (Lipinski definition) is 6. The Kier molecular flexibility index (Phi) is 4.23. The third-order valence-corrected chi connectivity index (χ3v) is 5.04. The maximum absolute atomic E-state index is 12.4. The summed E-state index contributed by atoms with van der Waals surface area (Å²) in [5.74, 6) is 1.30. The second kappa shape index (κ2) is 6.68. The molecule has 3 heterocycles. The largest absolute Gasteiger partial charge is 0.368 e. The van der Waals surface area contributed by atoms with Gasteiger partial charge < -0.3 is 14.3 Å². The zero-order valence-electron chi connectivity index (χ0n) is 13.9. The molecule has 0 radical (unpaired) electrons. The highest BCUT2D eigenvalue weighted by molar-refractivity contribution is 7.08. The van der Waals surface area contributed by atoms with Gasteiger partial charge in [-0.25, -0.2) is 0 Å². The summed E-state index contributed by atoms with van der Waals surface area (Å²) in [7, 11) is 0. The molecular weight excluding hydrogens is 336 g/mol. The van der Waals surface area contributed by atoms with Crippen LogP contribution in [0.2, 0.25) is 0 Å². The Hall–Kier alpha value is -2.67. The van der Waals surface area contributed by atoms with Crippen LogP contribution in [0.1, 0.15) is 16.2 Å². The molecule has 1 amide bonds. The number of aryl methyl sites for hydroxylation is 1. The highest BCUT2D eigenvalue weighted by Crippen LogP contribution is 2.22. The van der Waals surface area contributed by atoms with E-state index in [2.05, 4.69) is 27.2 Å². The van der Waals surface area contributed by atoms with Gasteiger partial charge in [0, 0.05) is 49.7 Å². The van der Waals surface area contributed by atoms with Gasteiger partial charge in [0.05, 0.1) is 5.56 Å². The summed E-state index contributed by atoms with van der Waals surface area (Å²) < 4.78 is 5.02. The fraction of sp³-hybridized carbons (Fsp3) is 0.278. The maximum atomic E-state index is 12.4. The summed E-state index contributed by atoms with van der Waals surface area (Å²) >= 11 is 1.56. The van der Waals surface area contributed by atoms with E-state index in [1.54, 1.807) is 18.3 Å². The van der Waals surface area contributed by atoms with Crippen molar-refractivity contribution in [2.75, 3.05) is 31.1 Å². The highest BCUT2D eigenvalue weighted by atomic mass is 32.1. The van der Waals surface area contributed by atoms with Gasteiger partial charge in [-0.3, -0.25) is 4.79 Å². The Labute approximate surface area is 149 Å². The minimum atomic E-state index is 0.128. The molecule has 1 saturated heterocycles. The molecule has 7 heteroatoms. The van der Waals surface area contributed by atoms with E-state index in [4.69, 9.17) is 4.52 Å².